The number of carbonyl (C=O) groups excluding carboxylic acids is 8. The highest BCUT2D eigenvalue weighted by molar-refractivity contribution is 7.14. The van der Waals surface area contributed by atoms with E-state index in [-0.39, 0.29) is 41.3 Å². The average molecular weight is 1770 g/mol. The Kier molecular flexibility index (Phi) is 31.3. The fourth-order valence-corrected chi connectivity index (χ4v) is 14.9. The van der Waals surface area contributed by atoms with Crippen molar-refractivity contribution in [3.63, 3.8) is 0 Å². The van der Waals surface area contributed by atoms with Gasteiger partial charge in [0.25, 0.3) is 47.3 Å². The molecule has 1 saturated heterocycles. The lowest BCUT2D eigenvalue weighted by Crippen LogP contribution is -2.32. The summed E-state index contributed by atoms with van der Waals surface area (Å²) in [5.74, 6) is 0.394. The summed E-state index contributed by atoms with van der Waals surface area (Å²) in [7, 11) is 3.61. The van der Waals surface area contributed by atoms with Gasteiger partial charge in [-0.1, -0.05) is 113 Å². The van der Waals surface area contributed by atoms with Gasteiger partial charge in [-0.2, -0.15) is 0 Å². The van der Waals surface area contributed by atoms with E-state index >= 15 is 0 Å². The zero-order chi connectivity index (χ0) is 85.2. The fourth-order valence-electron chi connectivity index (χ4n) is 11.4. The van der Waals surface area contributed by atoms with Gasteiger partial charge in [-0.15, -0.1) is 45.3 Å². The third-order valence-corrected chi connectivity index (χ3v) is 22.2. The zero-order valence-corrected chi connectivity index (χ0v) is 70.0. The first-order valence-electron chi connectivity index (χ1n) is 36.5. The maximum Gasteiger partial charge on any atom is 0.269 e. The minimum absolute atomic E-state index is 0.0560. The molecule has 10 heterocycles. The molecule has 0 bridgehead atoms. The quantitative estimate of drug-likeness (QED) is 0.0146. The van der Waals surface area contributed by atoms with Crippen molar-refractivity contribution in [2.75, 3.05) is 82.8 Å². The van der Waals surface area contributed by atoms with E-state index in [4.69, 9.17) is 68.5 Å². The molecule has 14 rings (SSSR count). The van der Waals surface area contributed by atoms with Gasteiger partial charge in [-0.3, -0.25) is 53.8 Å². The summed E-state index contributed by atoms with van der Waals surface area (Å²) < 4.78 is 0. The number of pyridine rings is 4. The molecule has 120 heavy (non-hydrogen) atoms. The molecule has 2 aliphatic rings. The Bertz CT molecular complexity index is 5560. The van der Waals surface area contributed by atoms with Crippen molar-refractivity contribution in [3.05, 3.63) is 300 Å². The van der Waals surface area contributed by atoms with Crippen LogP contribution >= 0.6 is 91.8 Å². The lowest BCUT2D eigenvalue weighted by atomic mass is 10.1. The van der Waals surface area contributed by atoms with E-state index in [0.717, 1.165) is 68.0 Å². The molecule has 4 aromatic carbocycles. The van der Waals surface area contributed by atoms with Crippen LogP contribution in [0.3, 0.4) is 0 Å². The predicted octanol–water partition coefficient (Wildman–Crippen LogP) is 16.9. The van der Waals surface area contributed by atoms with Crippen LogP contribution in [0.5, 0.6) is 0 Å². The van der Waals surface area contributed by atoms with Crippen LogP contribution in [-0.4, -0.2) is 146 Å². The van der Waals surface area contributed by atoms with Crippen LogP contribution < -0.4 is 54.0 Å². The number of nitrogens with zero attached hydrogens (tertiary/aromatic N) is 9. The third-order valence-electron chi connectivity index (χ3n) is 17.6. The van der Waals surface area contributed by atoms with Crippen molar-refractivity contribution in [2.45, 2.75) is 32.1 Å². The Morgan fingerprint density at radius 2 is 0.683 bits per heavy atom. The van der Waals surface area contributed by atoms with Gasteiger partial charge in [-0.25, -0.2) is 19.9 Å². The van der Waals surface area contributed by atoms with Gasteiger partial charge in [-0.05, 0) is 162 Å². The topological polar surface area (TPSA) is 424 Å². The highest BCUT2D eigenvalue weighted by Gasteiger charge is 2.24. The molecular weight excluding hydrogens is 1690 g/mol. The molecule has 612 valence electrons. The second-order valence-corrected chi connectivity index (χ2v) is 31.3. The van der Waals surface area contributed by atoms with E-state index in [1.54, 1.807) is 174 Å². The molecular formula is C83H74Cl4N20O9S4. The molecule has 37 heteroatoms. The number of anilines is 8. The number of nitrogens with one attached hydrogen (secondary N) is 9. The number of rotatable bonds is 20. The Labute approximate surface area is 723 Å². The molecule has 0 saturated carbocycles. The highest BCUT2D eigenvalue weighted by atomic mass is 35.5. The number of hydrogen-bond acceptors (Lipinski definition) is 22. The number of benzene rings is 4. The Morgan fingerprint density at radius 3 is 0.975 bits per heavy atom. The van der Waals surface area contributed by atoms with E-state index in [2.05, 4.69) is 87.4 Å². The molecule has 1 fully saturated rings. The number of oxime groups is 1. The minimum Gasteiger partial charge on any atom is -0.409 e. The Hall–Kier alpha value is -13.1. The van der Waals surface area contributed by atoms with Gasteiger partial charge in [0.2, 0.25) is 0 Å². The Morgan fingerprint density at radius 1 is 0.383 bits per heavy atom. The monoisotopic (exact) mass is 1760 g/mol. The van der Waals surface area contributed by atoms with Crippen LogP contribution in [0.2, 0.25) is 20.1 Å². The summed E-state index contributed by atoms with van der Waals surface area (Å²) in [4.78, 5) is 131. The first-order chi connectivity index (χ1) is 58.0. The van der Waals surface area contributed by atoms with Crippen LogP contribution in [0.4, 0.5) is 46.0 Å². The molecule has 8 aromatic heterocycles. The molecule has 2 aliphatic heterocycles. The number of nitrogens with two attached hydrogens (primary N) is 2. The van der Waals surface area contributed by atoms with Crippen LogP contribution in [0.1, 0.15) is 134 Å². The van der Waals surface area contributed by atoms with E-state index in [1.165, 1.54) is 95.1 Å². The van der Waals surface area contributed by atoms with Crippen LogP contribution in [-0.2, 0) is 0 Å². The largest absolute Gasteiger partial charge is 0.409 e. The van der Waals surface area contributed by atoms with E-state index in [0.29, 0.717) is 125 Å². The average Bonchev–Trinajstić information content (AvgIpc) is 1.75. The summed E-state index contributed by atoms with van der Waals surface area (Å²) in [5, 5.41) is 50.7. The van der Waals surface area contributed by atoms with Gasteiger partial charge < -0.3 is 69.0 Å². The number of amidine groups is 4. The number of likely N-dealkylation sites (tertiary alicyclic amines) is 1. The van der Waals surface area contributed by atoms with Crippen molar-refractivity contribution in [1.29, 1.82) is 5.41 Å². The lowest BCUT2D eigenvalue weighted by molar-refractivity contribution is 0.101. The molecule has 14 N–H and O–H groups in total. The Balaban J connectivity index is 0.000000157. The van der Waals surface area contributed by atoms with Crippen molar-refractivity contribution in [3.8, 4) is 0 Å². The van der Waals surface area contributed by atoms with E-state index in [9.17, 15) is 38.4 Å². The summed E-state index contributed by atoms with van der Waals surface area (Å²) in [5.41, 5.74) is 17.6. The molecule has 0 spiro atoms. The normalized spacial score (nSPS) is 12.5. The van der Waals surface area contributed by atoms with Gasteiger partial charge in [0.15, 0.2) is 5.84 Å². The second-order valence-electron chi connectivity index (χ2n) is 25.9. The van der Waals surface area contributed by atoms with Crippen molar-refractivity contribution in [2.24, 2.45) is 26.6 Å². The van der Waals surface area contributed by atoms with Gasteiger partial charge in [0.1, 0.15) is 60.3 Å². The second kappa shape index (κ2) is 42.8. The van der Waals surface area contributed by atoms with Crippen molar-refractivity contribution < 1.29 is 43.6 Å². The maximum absolute atomic E-state index is 12.8. The lowest BCUT2D eigenvalue weighted by Gasteiger charge is -2.25. The van der Waals surface area contributed by atoms with Crippen LogP contribution in [0.15, 0.2) is 231 Å². The molecule has 0 unspecified atom stereocenters. The third kappa shape index (κ3) is 24.5. The highest BCUT2D eigenvalue weighted by Crippen LogP contribution is 2.30. The standard InChI is InChI=1S/C24H24ClN5O2S.C22H20ClN5O2S.C19H16ClN5O2S.C18H14ClN5O3S/c25-18-9-10-20(27-15-18)29-24(32)21-19(11-14-33-21)28-23(31)17-7-5-16(6-8-17)22(26)30-12-3-1-2-4-13-30;1-28-11-2-10-24-20(28)14-3-5-15(6-4-14)21(29)26-17-9-12-31-19(17)22(30)27-18-8-7-16(23)13-25-18;1-22-17(21)11-2-4-12(5-3-11)18(26)24-14-8-9-28-16(14)19(27)25-15-7-6-13(20)10-23-15;19-12-5-6-14(21-9-12)23-18(26)15-13(7-8-28-15)22-17(25)11-3-1-10(2-4-11)16(20)24-27/h5-11,14-15,26H,1-4,12-13H2,(H,28,31)(H,27,29,32);3-9,12-13H,2,10-11H2,1H3,(H,26,29)(H,25,27,30);2-10H,1H3,(H2,21,22)(H,24,26)(H,23,25,27);1-9,27H,(H2,20,24)(H,22,25)(H,21,23,26). The minimum atomic E-state index is -0.401. The molecule has 8 amide bonds. The van der Waals surface area contributed by atoms with Gasteiger partial charge >= 0.3 is 0 Å². The molecule has 0 radical (unpaired) electrons. The predicted molar refractivity (Wildman–Crippen MR) is 478 cm³/mol. The number of hydrogen-bond donors (Lipinski definition) is 12. The van der Waals surface area contributed by atoms with E-state index < -0.39 is 11.8 Å². The summed E-state index contributed by atoms with van der Waals surface area (Å²) in [6.45, 7) is 3.58. The summed E-state index contributed by atoms with van der Waals surface area (Å²) >= 11 is 28.1. The first-order valence-corrected chi connectivity index (χ1v) is 41.5. The number of carbonyl (C=O) groups is 8. The number of amides is 8. The SMILES string of the molecule is CN1CCCN=C1c1ccc(C(=O)Nc2ccsc2C(=O)Nc2ccc(Cl)cn2)cc1.CN=C(N)c1ccc(C(=O)Nc2ccsc2C(=O)Nc2ccc(Cl)cn2)cc1.N=C(c1ccc(C(=O)Nc2ccsc2C(=O)Nc2ccc(Cl)cn2)cc1)N1CCCCCC1.NC(=NO)c1ccc(C(=O)Nc2ccsc2C(=O)Nc2ccc(Cl)cn2)cc1. The summed E-state index contributed by atoms with van der Waals surface area (Å²) in [6, 6.07) is 46.8. The van der Waals surface area contributed by atoms with Crippen LogP contribution in [0, 0.1) is 5.41 Å². The van der Waals surface area contributed by atoms with Gasteiger partial charge in [0, 0.05) is 110 Å². The molecule has 29 nitrogen and oxygen atoms in total. The number of aliphatic imine (C=N–C) groups is 2. The first kappa shape index (κ1) is 87.7. The number of halogens is 4. The zero-order valence-electron chi connectivity index (χ0n) is 63.7. The molecule has 0 aliphatic carbocycles. The molecule has 12 aromatic rings. The van der Waals surface area contributed by atoms with E-state index in [1.807, 2.05) is 19.2 Å². The summed E-state index contributed by atoms with van der Waals surface area (Å²) in [6.07, 6.45) is 11.4. The van der Waals surface area contributed by atoms with Crippen LogP contribution in [0.25, 0.3) is 0 Å². The van der Waals surface area contributed by atoms with Crippen molar-refractivity contribution in [1.82, 2.24) is 29.7 Å². The maximum atomic E-state index is 12.8. The number of aromatic nitrogens is 4. The fraction of sp³-hybridized carbons (Fsp3) is 0.133. The van der Waals surface area contributed by atoms with Gasteiger partial charge in [0.05, 0.1) is 42.8 Å². The smallest absolute Gasteiger partial charge is 0.269 e. The van der Waals surface area contributed by atoms with Crippen molar-refractivity contribution >= 4 is 208 Å². The molecule has 0 atom stereocenters. The number of thiophene rings is 4.